The summed E-state index contributed by atoms with van der Waals surface area (Å²) in [7, 11) is 0. The van der Waals surface area contributed by atoms with Crippen molar-refractivity contribution in [3.63, 3.8) is 0 Å². The zero-order chi connectivity index (χ0) is 8.97. The van der Waals surface area contributed by atoms with Gasteiger partial charge in [-0.25, -0.2) is 4.39 Å². The molecule has 0 aliphatic heterocycles. The van der Waals surface area contributed by atoms with E-state index in [9.17, 15) is 9.50 Å². The van der Waals surface area contributed by atoms with Crippen molar-refractivity contribution < 1.29 is 9.50 Å². The highest BCUT2D eigenvalue weighted by Gasteiger charge is 2.09. The van der Waals surface area contributed by atoms with Crippen molar-refractivity contribution in [2.45, 2.75) is 18.9 Å². The summed E-state index contributed by atoms with van der Waals surface area (Å²) in [6.45, 7) is 3.60. The van der Waals surface area contributed by atoms with Gasteiger partial charge in [0.2, 0.25) is 0 Å². The molecule has 1 nitrogen and oxygen atoms in total. The summed E-state index contributed by atoms with van der Waals surface area (Å²) in [5.41, 5.74) is 0.362. The van der Waals surface area contributed by atoms with Gasteiger partial charge in [-0.05, 0) is 12.5 Å². The monoisotopic (exact) mass is 167 g/mol. The van der Waals surface area contributed by atoms with E-state index in [-0.39, 0.29) is 5.82 Å². The Bertz CT molecular complexity index is 247. The summed E-state index contributed by atoms with van der Waals surface area (Å²) in [5, 5.41) is 9.42. The Morgan fingerprint density at radius 3 is 2.67 bits per heavy atom. The summed E-state index contributed by atoms with van der Waals surface area (Å²) in [6.07, 6.45) is 0.389. The third kappa shape index (κ3) is 2.05. The molecule has 0 aliphatic rings. The topological polar surface area (TPSA) is 20.2 Å². The van der Waals surface area contributed by atoms with Crippen LogP contribution in [0.3, 0.4) is 0 Å². The summed E-state index contributed by atoms with van der Waals surface area (Å²) < 4.78 is 13.0. The van der Waals surface area contributed by atoms with Crippen LogP contribution in [0.15, 0.2) is 24.3 Å². The molecular formula is C10H12FO. The number of hydrogen-bond acceptors (Lipinski definition) is 1. The highest BCUT2D eigenvalue weighted by atomic mass is 19.1. The number of rotatable bonds is 3. The molecule has 0 aliphatic carbocycles. The van der Waals surface area contributed by atoms with Gasteiger partial charge in [-0.15, -0.1) is 0 Å². The van der Waals surface area contributed by atoms with E-state index in [0.29, 0.717) is 18.4 Å². The summed E-state index contributed by atoms with van der Waals surface area (Å²) in [5.74, 6) is -0.349. The van der Waals surface area contributed by atoms with Crippen LogP contribution in [-0.4, -0.2) is 5.11 Å². The zero-order valence-electron chi connectivity index (χ0n) is 6.83. The molecule has 1 aromatic carbocycles. The van der Waals surface area contributed by atoms with Crippen LogP contribution in [0.4, 0.5) is 4.39 Å². The predicted molar refractivity (Wildman–Crippen MR) is 46.0 cm³/mol. The van der Waals surface area contributed by atoms with Gasteiger partial charge in [0.15, 0.2) is 0 Å². The third-order valence-electron chi connectivity index (χ3n) is 1.74. The molecule has 1 radical (unpaired) electrons. The van der Waals surface area contributed by atoms with Crippen molar-refractivity contribution >= 4 is 0 Å². The third-order valence-corrected chi connectivity index (χ3v) is 1.74. The van der Waals surface area contributed by atoms with Gasteiger partial charge < -0.3 is 5.11 Å². The number of halogens is 1. The molecule has 0 heterocycles. The second-order valence-corrected chi connectivity index (χ2v) is 2.68. The molecule has 1 unspecified atom stereocenters. The van der Waals surface area contributed by atoms with Crippen molar-refractivity contribution in [3.05, 3.63) is 42.6 Å². The molecule has 1 aromatic rings. The lowest BCUT2D eigenvalue weighted by molar-refractivity contribution is 0.164. The van der Waals surface area contributed by atoms with Gasteiger partial charge in [0, 0.05) is 5.56 Å². The first-order valence-corrected chi connectivity index (χ1v) is 3.97. The maximum atomic E-state index is 13.0. The molecule has 0 saturated carbocycles. The quantitative estimate of drug-likeness (QED) is 0.733. The van der Waals surface area contributed by atoms with Gasteiger partial charge in [-0.1, -0.05) is 31.5 Å². The van der Waals surface area contributed by atoms with Crippen molar-refractivity contribution in [3.8, 4) is 0 Å². The molecule has 1 atom stereocenters. The van der Waals surface area contributed by atoms with Gasteiger partial charge in [-0.3, -0.25) is 0 Å². The number of hydrogen-bond donors (Lipinski definition) is 1. The van der Waals surface area contributed by atoms with E-state index in [1.54, 1.807) is 18.2 Å². The minimum absolute atomic E-state index is 0.349. The molecule has 0 fully saturated rings. The molecule has 0 amide bonds. The standard InChI is InChI=1S/C10H12FO/c1-2-5-10(12)8-6-3-4-7-9(8)11/h3-4,6-7,10,12H,1-2,5H2. The van der Waals surface area contributed by atoms with Crippen molar-refractivity contribution in [1.82, 2.24) is 0 Å². The van der Waals surface area contributed by atoms with Crippen LogP contribution in [0.5, 0.6) is 0 Å². The van der Waals surface area contributed by atoms with Gasteiger partial charge in [0.05, 0.1) is 6.10 Å². The number of aliphatic hydroxyl groups is 1. The molecule has 0 spiro atoms. The molecule has 12 heavy (non-hydrogen) atoms. The number of benzene rings is 1. The summed E-state index contributed by atoms with van der Waals surface area (Å²) >= 11 is 0. The van der Waals surface area contributed by atoms with E-state index in [0.717, 1.165) is 0 Å². The Hall–Kier alpha value is -0.890. The fraction of sp³-hybridized carbons (Fsp3) is 0.300. The smallest absolute Gasteiger partial charge is 0.128 e. The summed E-state index contributed by atoms with van der Waals surface area (Å²) in [6, 6.07) is 6.26. The van der Waals surface area contributed by atoms with Gasteiger partial charge in [-0.2, -0.15) is 0 Å². The van der Waals surface area contributed by atoms with E-state index in [1.165, 1.54) is 6.07 Å². The SMILES string of the molecule is [CH2]CCC(O)c1ccccc1F. The van der Waals surface area contributed by atoms with E-state index in [2.05, 4.69) is 6.92 Å². The van der Waals surface area contributed by atoms with Crippen LogP contribution in [0, 0.1) is 12.7 Å². The fourth-order valence-corrected chi connectivity index (χ4v) is 1.09. The van der Waals surface area contributed by atoms with E-state index in [1.807, 2.05) is 0 Å². The second-order valence-electron chi connectivity index (χ2n) is 2.68. The van der Waals surface area contributed by atoms with Gasteiger partial charge in [0.25, 0.3) is 0 Å². The normalized spacial score (nSPS) is 12.9. The Labute approximate surface area is 71.9 Å². The molecular weight excluding hydrogens is 155 g/mol. The van der Waals surface area contributed by atoms with Crippen LogP contribution in [0.2, 0.25) is 0 Å². The molecule has 65 valence electrons. The van der Waals surface area contributed by atoms with Crippen LogP contribution in [-0.2, 0) is 0 Å². The molecule has 0 bridgehead atoms. The molecule has 0 saturated heterocycles. The van der Waals surface area contributed by atoms with Gasteiger partial charge >= 0.3 is 0 Å². The first-order valence-electron chi connectivity index (χ1n) is 3.97. The van der Waals surface area contributed by atoms with E-state index >= 15 is 0 Å². The van der Waals surface area contributed by atoms with E-state index < -0.39 is 6.10 Å². The lowest BCUT2D eigenvalue weighted by atomic mass is 10.1. The maximum Gasteiger partial charge on any atom is 0.128 e. The lowest BCUT2D eigenvalue weighted by Crippen LogP contribution is -1.99. The average Bonchev–Trinajstić information content (AvgIpc) is 2.05. The molecule has 1 N–H and O–H groups in total. The average molecular weight is 167 g/mol. The van der Waals surface area contributed by atoms with Crippen LogP contribution < -0.4 is 0 Å². The Kier molecular flexibility index (Phi) is 3.23. The molecule has 0 aromatic heterocycles. The Morgan fingerprint density at radius 2 is 2.08 bits per heavy atom. The maximum absolute atomic E-state index is 13.0. The van der Waals surface area contributed by atoms with Crippen LogP contribution in [0.25, 0.3) is 0 Å². The van der Waals surface area contributed by atoms with E-state index in [4.69, 9.17) is 0 Å². The molecule has 1 rings (SSSR count). The highest BCUT2D eigenvalue weighted by molar-refractivity contribution is 5.19. The minimum atomic E-state index is -0.719. The van der Waals surface area contributed by atoms with Crippen molar-refractivity contribution in [2.75, 3.05) is 0 Å². The Balaban J connectivity index is 2.79. The van der Waals surface area contributed by atoms with Gasteiger partial charge in [0.1, 0.15) is 5.82 Å². The highest BCUT2D eigenvalue weighted by Crippen LogP contribution is 2.20. The first kappa shape index (κ1) is 9.20. The number of aliphatic hydroxyl groups excluding tert-OH is 1. The lowest BCUT2D eigenvalue weighted by Gasteiger charge is -2.09. The molecule has 2 heteroatoms. The van der Waals surface area contributed by atoms with Crippen molar-refractivity contribution in [1.29, 1.82) is 0 Å². The summed E-state index contributed by atoms with van der Waals surface area (Å²) in [4.78, 5) is 0. The Morgan fingerprint density at radius 1 is 1.42 bits per heavy atom. The zero-order valence-corrected chi connectivity index (χ0v) is 6.83. The first-order chi connectivity index (χ1) is 5.75. The second kappa shape index (κ2) is 4.21. The largest absolute Gasteiger partial charge is 0.388 e. The van der Waals surface area contributed by atoms with Crippen LogP contribution >= 0.6 is 0 Å². The fourth-order valence-electron chi connectivity index (χ4n) is 1.09. The van der Waals surface area contributed by atoms with Crippen molar-refractivity contribution in [2.24, 2.45) is 0 Å². The predicted octanol–water partition coefficient (Wildman–Crippen LogP) is 2.47. The minimum Gasteiger partial charge on any atom is -0.388 e. The van der Waals surface area contributed by atoms with Crippen LogP contribution in [0.1, 0.15) is 24.5 Å².